The summed E-state index contributed by atoms with van der Waals surface area (Å²) in [5.74, 6) is 0.454. The summed E-state index contributed by atoms with van der Waals surface area (Å²) in [6.07, 6.45) is 3.65. The van der Waals surface area contributed by atoms with Gasteiger partial charge in [0.2, 0.25) is 0 Å². The fourth-order valence-corrected chi connectivity index (χ4v) is 2.71. The van der Waals surface area contributed by atoms with Gasteiger partial charge in [-0.25, -0.2) is 0 Å². The molecule has 0 radical (unpaired) electrons. The van der Waals surface area contributed by atoms with Crippen LogP contribution in [0, 0.1) is 11.3 Å². The van der Waals surface area contributed by atoms with E-state index in [0.717, 1.165) is 13.0 Å². The number of methoxy groups -OCH3 is 1. The molecule has 1 rings (SSSR count). The Morgan fingerprint density at radius 3 is 2.38 bits per heavy atom. The second-order valence-corrected chi connectivity index (χ2v) is 5.13. The summed E-state index contributed by atoms with van der Waals surface area (Å²) in [6.45, 7) is 7.55. The van der Waals surface area contributed by atoms with Gasteiger partial charge < -0.3 is 10.5 Å². The van der Waals surface area contributed by atoms with E-state index in [4.69, 9.17) is 10.5 Å². The van der Waals surface area contributed by atoms with Crippen LogP contribution in [0.15, 0.2) is 0 Å². The van der Waals surface area contributed by atoms with Crippen molar-refractivity contribution in [3.05, 3.63) is 0 Å². The molecule has 2 heteroatoms. The molecule has 0 aromatic rings. The molecule has 0 heterocycles. The third-order valence-electron chi connectivity index (χ3n) is 3.95. The fourth-order valence-electron chi connectivity index (χ4n) is 2.71. The van der Waals surface area contributed by atoms with Gasteiger partial charge in [0.05, 0.1) is 6.61 Å². The van der Waals surface area contributed by atoms with Crippen LogP contribution in [0.1, 0.15) is 40.0 Å². The molecule has 78 valence electrons. The highest BCUT2D eigenvalue weighted by atomic mass is 16.5. The zero-order chi connectivity index (χ0) is 10.1. The number of rotatable bonds is 3. The lowest BCUT2D eigenvalue weighted by Gasteiger charge is -2.42. The van der Waals surface area contributed by atoms with E-state index >= 15 is 0 Å². The molecule has 1 aliphatic carbocycles. The molecule has 1 aliphatic rings. The van der Waals surface area contributed by atoms with Crippen molar-refractivity contribution in [2.75, 3.05) is 13.7 Å². The van der Waals surface area contributed by atoms with Crippen LogP contribution >= 0.6 is 0 Å². The fraction of sp³-hybridized carbons (Fsp3) is 1.00. The van der Waals surface area contributed by atoms with Crippen molar-refractivity contribution >= 4 is 0 Å². The third kappa shape index (κ3) is 1.75. The van der Waals surface area contributed by atoms with E-state index in [9.17, 15) is 0 Å². The molecule has 2 N–H and O–H groups in total. The summed E-state index contributed by atoms with van der Waals surface area (Å²) in [5, 5.41) is 0. The van der Waals surface area contributed by atoms with Crippen molar-refractivity contribution in [3.63, 3.8) is 0 Å². The Kier molecular flexibility index (Phi) is 3.03. The van der Waals surface area contributed by atoms with E-state index in [1.165, 1.54) is 12.8 Å². The van der Waals surface area contributed by atoms with Crippen molar-refractivity contribution in [3.8, 4) is 0 Å². The van der Waals surface area contributed by atoms with Gasteiger partial charge >= 0.3 is 0 Å². The Morgan fingerprint density at radius 1 is 1.38 bits per heavy atom. The van der Waals surface area contributed by atoms with E-state index in [-0.39, 0.29) is 11.0 Å². The minimum absolute atomic E-state index is 0.0248. The summed E-state index contributed by atoms with van der Waals surface area (Å²) in [6, 6.07) is 0. The smallest absolute Gasteiger partial charge is 0.0505 e. The molecular weight excluding hydrogens is 162 g/mol. The Labute approximate surface area is 81.8 Å². The molecule has 2 nitrogen and oxygen atoms in total. The molecule has 0 aromatic carbocycles. The van der Waals surface area contributed by atoms with Gasteiger partial charge in [0, 0.05) is 12.6 Å². The van der Waals surface area contributed by atoms with Crippen LogP contribution in [-0.2, 0) is 4.74 Å². The molecule has 0 spiro atoms. The zero-order valence-corrected chi connectivity index (χ0v) is 9.39. The Hall–Kier alpha value is -0.0800. The van der Waals surface area contributed by atoms with Crippen molar-refractivity contribution in [1.29, 1.82) is 0 Å². The quantitative estimate of drug-likeness (QED) is 0.731. The Morgan fingerprint density at radius 2 is 2.00 bits per heavy atom. The molecule has 0 aromatic heterocycles. The SMILES string of the molecule is COCC(C)C1(N)CCCC1(C)C. The average Bonchev–Trinajstić information content (AvgIpc) is 2.28. The van der Waals surface area contributed by atoms with Crippen LogP contribution in [-0.4, -0.2) is 19.3 Å². The normalized spacial score (nSPS) is 34.8. The van der Waals surface area contributed by atoms with E-state index in [2.05, 4.69) is 20.8 Å². The number of nitrogens with two attached hydrogens (primary N) is 1. The number of ether oxygens (including phenoxy) is 1. The second kappa shape index (κ2) is 3.58. The first-order chi connectivity index (χ1) is 5.94. The van der Waals surface area contributed by atoms with E-state index in [1.807, 2.05) is 0 Å². The second-order valence-electron chi connectivity index (χ2n) is 5.13. The monoisotopic (exact) mass is 185 g/mol. The van der Waals surface area contributed by atoms with Gasteiger partial charge in [-0.1, -0.05) is 27.2 Å². The summed E-state index contributed by atoms with van der Waals surface area (Å²) < 4.78 is 5.19. The summed E-state index contributed by atoms with van der Waals surface area (Å²) in [4.78, 5) is 0. The van der Waals surface area contributed by atoms with Crippen LogP contribution in [0.25, 0.3) is 0 Å². The molecular formula is C11H23NO. The van der Waals surface area contributed by atoms with Crippen molar-refractivity contribution < 1.29 is 4.74 Å². The lowest BCUT2D eigenvalue weighted by molar-refractivity contribution is 0.0657. The maximum Gasteiger partial charge on any atom is 0.0505 e. The highest BCUT2D eigenvalue weighted by Crippen LogP contribution is 2.48. The number of hydrogen-bond donors (Lipinski definition) is 1. The van der Waals surface area contributed by atoms with Gasteiger partial charge in [0.15, 0.2) is 0 Å². The van der Waals surface area contributed by atoms with Crippen LogP contribution < -0.4 is 5.73 Å². The van der Waals surface area contributed by atoms with Gasteiger partial charge in [0.25, 0.3) is 0 Å². The molecule has 1 saturated carbocycles. The predicted octanol–water partition coefficient (Wildman–Crippen LogP) is 2.18. The van der Waals surface area contributed by atoms with Crippen molar-refractivity contribution in [2.24, 2.45) is 17.1 Å². The summed E-state index contributed by atoms with van der Waals surface area (Å²) in [7, 11) is 1.75. The van der Waals surface area contributed by atoms with Gasteiger partial charge in [-0.05, 0) is 24.2 Å². The van der Waals surface area contributed by atoms with Crippen LogP contribution in [0.5, 0.6) is 0 Å². The first kappa shape index (κ1) is 11.0. The minimum atomic E-state index is -0.0248. The van der Waals surface area contributed by atoms with Crippen molar-refractivity contribution in [2.45, 2.75) is 45.6 Å². The Bertz CT molecular complexity index is 179. The van der Waals surface area contributed by atoms with Gasteiger partial charge in [-0.3, -0.25) is 0 Å². The average molecular weight is 185 g/mol. The van der Waals surface area contributed by atoms with Gasteiger partial charge in [-0.2, -0.15) is 0 Å². The largest absolute Gasteiger partial charge is 0.384 e. The Balaban J connectivity index is 2.74. The maximum absolute atomic E-state index is 6.49. The third-order valence-corrected chi connectivity index (χ3v) is 3.95. The number of hydrogen-bond acceptors (Lipinski definition) is 2. The van der Waals surface area contributed by atoms with E-state index in [1.54, 1.807) is 7.11 Å². The lowest BCUT2D eigenvalue weighted by Crippen LogP contribution is -2.55. The van der Waals surface area contributed by atoms with E-state index < -0.39 is 0 Å². The standard InChI is InChI=1S/C11H23NO/c1-9(8-13-4)11(12)7-5-6-10(11,2)3/h9H,5-8,12H2,1-4H3. The van der Waals surface area contributed by atoms with E-state index in [0.29, 0.717) is 5.92 Å². The molecule has 13 heavy (non-hydrogen) atoms. The molecule has 2 unspecified atom stereocenters. The highest BCUT2D eigenvalue weighted by Gasteiger charge is 2.48. The topological polar surface area (TPSA) is 35.2 Å². The summed E-state index contributed by atoms with van der Waals surface area (Å²) in [5.41, 5.74) is 6.73. The predicted molar refractivity (Wildman–Crippen MR) is 55.6 cm³/mol. The van der Waals surface area contributed by atoms with Crippen LogP contribution in [0.2, 0.25) is 0 Å². The first-order valence-electron chi connectivity index (χ1n) is 5.22. The summed E-state index contributed by atoms with van der Waals surface area (Å²) >= 11 is 0. The molecule has 0 amide bonds. The molecule has 0 saturated heterocycles. The molecule has 0 aliphatic heterocycles. The molecule has 0 bridgehead atoms. The van der Waals surface area contributed by atoms with Gasteiger partial charge in [0.1, 0.15) is 0 Å². The first-order valence-corrected chi connectivity index (χ1v) is 5.22. The lowest BCUT2D eigenvalue weighted by atomic mass is 9.69. The van der Waals surface area contributed by atoms with Gasteiger partial charge in [-0.15, -0.1) is 0 Å². The minimum Gasteiger partial charge on any atom is -0.384 e. The van der Waals surface area contributed by atoms with Crippen LogP contribution in [0.3, 0.4) is 0 Å². The van der Waals surface area contributed by atoms with Crippen molar-refractivity contribution in [1.82, 2.24) is 0 Å². The molecule has 2 atom stereocenters. The maximum atomic E-state index is 6.49. The highest BCUT2D eigenvalue weighted by molar-refractivity contribution is 5.05. The molecule has 1 fully saturated rings. The zero-order valence-electron chi connectivity index (χ0n) is 9.39. The van der Waals surface area contributed by atoms with Crippen LogP contribution in [0.4, 0.5) is 0 Å².